The monoisotopic (exact) mass is 193 g/mol. The van der Waals surface area contributed by atoms with Gasteiger partial charge in [0.25, 0.3) is 0 Å². The van der Waals surface area contributed by atoms with Gasteiger partial charge in [0.05, 0.1) is 6.20 Å². The summed E-state index contributed by atoms with van der Waals surface area (Å²) < 4.78 is 1.43. The highest BCUT2D eigenvalue weighted by Crippen LogP contribution is 1.91. The number of nitrogens with one attached hydrogen (secondary N) is 1. The van der Waals surface area contributed by atoms with E-state index >= 15 is 0 Å². The van der Waals surface area contributed by atoms with Crippen LogP contribution >= 0.6 is 0 Å². The fourth-order valence-electron chi connectivity index (χ4n) is 1.17. The van der Waals surface area contributed by atoms with E-state index in [1.807, 2.05) is 13.8 Å². The van der Waals surface area contributed by atoms with Crippen LogP contribution in [0.4, 0.5) is 0 Å². The van der Waals surface area contributed by atoms with Crippen molar-refractivity contribution in [1.29, 1.82) is 0 Å². The lowest BCUT2D eigenvalue weighted by Gasteiger charge is -2.06. The minimum absolute atomic E-state index is 0.158. The van der Waals surface area contributed by atoms with Gasteiger partial charge in [0.15, 0.2) is 5.65 Å². The highest BCUT2D eigenvalue weighted by Gasteiger charge is 2.05. The van der Waals surface area contributed by atoms with Gasteiger partial charge in [0.2, 0.25) is 0 Å². The predicted octanol–water partition coefficient (Wildman–Crippen LogP) is -0.157. The summed E-state index contributed by atoms with van der Waals surface area (Å²) in [5, 5.41) is 4.05. The molecule has 0 aliphatic heterocycles. The summed E-state index contributed by atoms with van der Waals surface area (Å²) in [5.74, 6) is 0. The van der Waals surface area contributed by atoms with Crippen LogP contribution in [0.2, 0.25) is 0 Å². The normalized spacial score (nSPS) is 11.1. The molecule has 6 heteroatoms. The van der Waals surface area contributed by atoms with Crippen LogP contribution in [0, 0.1) is 0 Å². The lowest BCUT2D eigenvalue weighted by molar-refractivity contribution is 0.648. The SMILES string of the molecule is CC(C)Nn1nc2cnccn2c1=O. The first-order valence-electron chi connectivity index (χ1n) is 4.36. The summed E-state index contributed by atoms with van der Waals surface area (Å²) in [5.41, 5.74) is 3.23. The van der Waals surface area contributed by atoms with Gasteiger partial charge in [0.1, 0.15) is 0 Å². The summed E-state index contributed by atoms with van der Waals surface area (Å²) in [4.78, 5) is 16.7. The molecular formula is C8H11N5O. The molecule has 0 aliphatic carbocycles. The van der Waals surface area contributed by atoms with Gasteiger partial charge >= 0.3 is 5.69 Å². The van der Waals surface area contributed by atoms with E-state index in [2.05, 4.69) is 15.5 Å². The van der Waals surface area contributed by atoms with E-state index in [9.17, 15) is 4.79 Å². The van der Waals surface area contributed by atoms with E-state index in [0.717, 1.165) is 0 Å². The standard InChI is InChI=1S/C8H11N5O/c1-6(2)10-13-8(14)12-4-3-9-5-7(12)11-13/h3-6,10H,1-2H3. The van der Waals surface area contributed by atoms with Crippen LogP contribution in [0.3, 0.4) is 0 Å². The van der Waals surface area contributed by atoms with Gasteiger partial charge in [-0.3, -0.25) is 4.98 Å². The van der Waals surface area contributed by atoms with Crippen LogP contribution in [0.25, 0.3) is 5.65 Å². The molecule has 0 aromatic carbocycles. The smallest absolute Gasteiger partial charge is 0.303 e. The van der Waals surface area contributed by atoms with Gasteiger partial charge in [-0.25, -0.2) is 9.20 Å². The fourth-order valence-corrected chi connectivity index (χ4v) is 1.17. The van der Waals surface area contributed by atoms with Crippen molar-refractivity contribution in [3.63, 3.8) is 0 Å². The molecule has 74 valence electrons. The third-order valence-electron chi connectivity index (χ3n) is 1.71. The lowest BCUT2D eigenvalue weighted by Crippen LogP contribution is -2.33. The Morgan fingerprint density at radius 3 is 2.93 bits per heavy atom. The third kappa shape index (κ3) is 1.34. The Bertz CT molecular complexity index is 498. The molecule has 0 radical (unpaired) electrons. The van der Waals surface area contributed by atoms with Crippen LogP contribution in [0.5, 0.6) is 0 Å². The van der Waals surface area contributed by atoms with Crippen LogP contribution in [0.15, 0.2) is 23.4 Å². The second-order valence-corrected chi connectivity index (χ2v) is 3.28. The molecule has 0 bridgehead atoms. The average Bonchev–Trinajstić information content (AvgIpc) is 2.44. The van der Waals surface area contributed by atoms with Crippen LogP contribution < -0.4 is 11.1 Å². The molecule has 2 aromatic heterocycles. The zero-order chi connectivity index (χ0) is 10.1. The number of hydrogen-bond donors (Lipinski definition) is 1. The van der Waals surface area contributed by atoms with Crippen molar-refractivity contribution in [3.05, 3.63) is 29.1 Å². The molecule has 6 nitrogen and oxygen atoms in total. The van der Waals surface area contributed by atoms with E-state index in [-0.39, 0.29) is 11.7 Å². The molecule has 0 atom stereocenters. The summed E-state index contributed by atoms with van der Waals surface area (Å²) >= 11 is 0. The van der Waals surface area contributed by atoms with Gasteiger partial charge in [-0.15, -0.1) is 9.89 Å². The van der Waals surface area contributed by atoms with Crippen molar-refractivity contribution in [2.75, 3.05) is 5.43 Å². The van der Waals surface area contributed by atoms with Crippen molar-refractivity contribution < 1.29 is 0 Å². The minimum Gasteiger partial charge on any atom is -0.303 e. The van der Waals surface area contributed by atoms with Crippen LogP contribution in [-0.2, 0) is 0 Å². The predicted molar refractivity (Wildman–Crippen MR) is 51.7 cm³/mol. The number of aromatic nitrogens is 4. The first-order valence-corrected chi connectivity index (χ1v) is 4.36. The maximum Gasteiger partial charge on any atom is 0.369 e. The van der Waals surface area contributed by atoms with Crippen LogP contribution in [0.1, 0.15) is 13.8 Å². The summed E-state index contributed by atoms with van der Waals surface area (Å²) in [7, 11) is 0. The number of rotatable bonds is 2. The van der Waals surface area contributed by atoms with Gasteiger partial charge in [0, 0.05) is 18.4 Å². The Labute approximate surface area is 80.2 Å². The van der Waals surface area contributed by atoms with Gasteiger partial charge < -0.3 is 5.43 Å². The molecule has 2 aromatic rings. The minimum atomic E-state index is -0.212. The quantitative estimate of drug-likeness (QED) is 0.720. The Morgan fingerprint density at radius 1 is 1.50 bits per heavy atom. The molecule has 0 aliphatic rings. The molecule has 14 heavy (non-hydrogen) atoms. The zero-order valence-corrected chi connectivity index (χ0v) is 8.01. The maximum atomic E-state index is 11.6. The first kappa shape index (κ1) is 8.74. The zero-order valence-electron chi connectivity index (χ0n) is 8.01. The maximum absolute atomic E-state index is 11.6. The third-order valence-corrected chi connectivity index (χ3v) is 1.71. The molecule has 0 amide bonds. The molecule has 0 fully saturated rings. The molecule has 0 spiro atoms. The molecule has 0 saturated carbocycles. The van der Waals surface area contributed by atoms with Gasteiger partial charge in [-0.1, -0.05) is 0 Å². The van der Waals surface area contributed by atoms with Crippen molar-refractivity contribution >= 4 is 5.65 Å². The Morgan fingerprint density at radius 2 is 2.29 bits per heavy atom. The summed E-state index contributed by atoms with van der Waals surface area (Å²) in [6.45, 7) is 3.88. The van der Waals surface area contributed by atoms with Gasteiger partial charge in [-0.05, 0) is 13.8 Å². The molecule has 0 saturated heterocycles. The van der Waals surface area contributed by atoms with Crippen molar-refractivity contribution in [2.24, 2.45) is 0 Å². The summed E-state index contributed by atoms with van der Waals surface area (Å²) in [6.07, 6.45) is 4.68. The van der Waals surface area contributed by atoms with E-state index < -0.39 is 0 Å². The lowest BCUT2D eigenvalue weighted by atomic mass is 10.4. The average molecular weight is 193 g/mol. The number of nitrogens with zero attached hydrogens (tertiary/aromatic N) is 4. The Kier molecular flexibility index (Phi) is 1.95. The summed E-state index contributed by atoms with van der Waals surface area (Å²) in [6, 6.07) is 0.158. The van der Waals surface area contributed by atoms with E-state index in [1.165, 1.54) is 9.19 Å². The van der Waals surface area contributed by atoms with Crippen molar-refractivity contribution in [3.8, 4) is 0 Å². The fraction of sp³-hybridized carbons (Fsp3) is 0.375. The van der Waals surface area contributed by atoms with Crippen molar-refractivity contribution in [2.45, 2.75) is 19.9 Å². The topological polar surface area (TPSA) is 64.2 Å². The van der Waals surface area contributed by atoms with Gasteiger partial charge in [-0.2, -0.15) is 0 Å². The molecule has 2 heterocycles. The number of hydrogen-bond acceptors (Lipinski definition) is 4. The van der Waals surface area contributed by atoms with E-state index in [1.54, 1.807) is 18.6 Å². The number of fused-ring (bicyclic) bond motifs is 1. The largest absolute Gasteiger partial charge is 0.369 e. The molecule has 1 N–H and O–H groups in total. The Hall–Kier alpha value is -1.85. The second kappa shape index (κ2) is 3.13. The Balaban J connectivity index is 2.57. The highest BCUT2D eigenvalue weighted by atomic mass is 16.2. The van der Waals surface area contributed by atoms with E-state index in [0.29, 0.717) is 5.65 Å². The molecular weight excluding hydrogens is 182 g/mol. The first-order chi connectivity index (χ1) is 6.68. The highest BCUT2D eigenvalue weighted by molar-refractivity contribution is 5.31. The second-order valence-electron chi connectivity index (χ2n) is 3.28. The van der Waals surface area contributed by atoms with E-state index in [4.69, 9.17) is 0 Å². The molecule has 2 rings (SSSR count). The van der Waals surface area contributed by atoms with Crippen molar-refractivity contribution in [1.82, 2.24) is 19.3 Å². The van der Waals surface area contributed by atoms with Crippen LogP contribution in [-0.4, -0.2) is 25.3 Å². The molecule has 0 unspecified atom stereocenters.